The minimum absolute atomic E-state index is 0.123. The van der Waals surface area contributed by atoms with Gasteiger partial charge in [-0.05, 0) is 62.6 Å². The van der Waals surface area contributed by atoms with Gasteiger partial charge in [-0.3, -0.25) is 4.79 Å². The van der Waals surface area contributed by atoms with Crippen molar-refractivity contribution in [2.45, 2.75) is 50.5 Å². The molecule has 0 spiro atoms. The van der Waals surface area contributed by atoms with Gasteiger partial charge in [0.05, 0.1) is 30.2 Å². The first kappa shape index (κ1) is 23.1. The molecule has 1 aliphatic heterocycles. The number of rotatable bonds is 8. The molecule has 31 heavy (non-hydrogen) atoms. The monoisotopic (exact) mass is 446 g/mol. The number of benzene rings is 2. The number of carbonyl (C=O) groups excluding carboxylic acids is 1. The molecular formula is C23H30N2O5S. The molecule has 2 aromatic rings. The zero-order valence-corrected chi connectivity index (χ0v) is 19.1. The highest BCUT2D eigenvalue weighted by Gasteiger charge is 2.27. The number of hydrogen-bond donors (Lipinski definition) is 1. The predicted octanol–water partition coefficient (Wildman–Crippen LogP) is 3.84. The van der Waals surface area contributed by atoms with Crippen molar-refractivity contribution < 1.29 is 22.7 Å². The topological polar surface area (TPSA) is 84.9 Å². The molecule has 1 fully saturated rings. The van der Waals surface area contributed by atoms with Crippen molar-refractivity contribution in [3.05, 3.63) is 48.0 Å². The van der Waals surface area contributed by atoms with Crippen molar-refractivity contribution in [1.82, 2.24) is 4.31 Å². The Morgan fingerprint density at radius 2 is 1.74 bits per heavy atom. The fourth-order valence-corrected chi connectivity index (χ4v) is 5.05. The van der Waals surface area contributed by atoms with Crippen LogP contribution in [0, 0.1) is 0 Å². The number of nitrogens with one attached hydrogen (secondary N) is 1. The molecule has 0 unspecified atom stereocenters. The number of sulfonamides is 1. The van der Waals surface area contributed by atoms with E-state index >= 15 is 0 Å². The average molecular weight is 447 g/mol. The van der Waals surface area contributed by atoms with Gasteiger partial charge in [0, 0.05) is 13.1 Å². The molecule has 3 rings (SSSR count). The van der Waals surface area contributed by atoms with E-state index in [9.17, 15) is 13.2 Å². The second-order valence-electron chi connectivity index (χ2n) is 7.86. The molecule has 1 amide bonds. The van der Waals surface area contributed by atoms with Gasteiger partial charge in [-0.1, -0.05) is 18.6 Å². The summed E-state index contributed by atoms with van der Waals surface area (Å²) in [6.45, 7) is 4.79. The average Bonchev–Trinajstić information content (AvgIpc) is 2.75. The zero-order chi connectivity index (χ0) is 22.4. The molecule has 0 aliphatic carbocycles. The minimum atomic E-state index is -3.62. The van der Waals surface area contributed by atoms with Gasteiger partial charge in [0.1, 0.15) is 11.5 Å². The van der Waals surface area contributed by atoms with Crippen LogP contribution >= 0.6 is 0 Å². The van der Waals surface area contributed by atoms with Crippen molar-refractivity contribution in [2.24, 2.45) is 0 Å². The Balaban J connectivity index is 1.83. The van der Waals surface area contributed by atoms with Gasteiger partial charge in [0.25, 0.3) is 0 Å². The van der Waals surface area contributed by atoms with Crippen LogP contribution in [0.15, 0.2) is 47.4 Å². The molecule has 168 valence electrons. The van der Waals surface area contributed by atoms with E-state index in [2.05, 4.69) is 5.32 Å². The van der Waals surface area contributed by atoms with Crippen molar-refractivity contribution >= 4 is 21.6 Å². The molecule has 1 saturated heterocycles. The van der Waals surface area contributed by atoms with E-state index in [4.69, 9.17) is 9.47 Å². The van der Waals surface area contributed by atoms with E-state index in [1.54, 1.807) is 31.4 Å². The number of carbonyl (C=O) groups is 1. The number of piperidine rings is 1. The van der Waals surface area contributed by atoms with Gasteiger partial charge in [0.15, 0.2) is 0 Å². The van der Waals surface area contributed by atoms with Gasteiger partial charge in [-0.15, -0.1) is 0 Å². The van der Waals surface area contributed by atoms with Crippen LogP contribution in [0.4, 0.5) is 5.69 Å². The summed E-state index contributed by atoms with van der Waals surface area (Å²) in [6, 6.07) is 11.9. The summed E-state index contributed by atoms with van der Waals surface area (Å²) in [6.07, 6.45) is 2.79. The maximum absolute atomic E-state index is 13.1. The SMILES string of the molecule is COc1ccc(CC(=O)Nc2cc(S(=O)(=O)N3CCCCC3)ccc2OC(C)C)cc1. The van der Waals surface area contributed by atoms with Crippen molar-refractivity contribution in [3.63, 3.8) is 0 Å². The Hall–Kier alpha value is -2.58. The van der Waals surface area contributed by atoms with E-state index < -0.39 is 10.0 Å². The van der Waals surface area contributed by atoms with E-state index in [0.29, 0.717) is 30.3 Å². The van der Waals surface area contributed by atoms with Crippen LogP contribution in [0.1, 0.15) is 38.7 Å². The fraction of sp³-hybridized carbons (Fsp3) is 0.435. The second-order valence-corrected chi connectivity index (χ2v) is 9.80. The largest absolute Gasteiger partial charge is 0.497 e. The summed E-state index contributed by atoms with van der Waals surface area (Å²) in [7, 11) is -2.03. The molecule has 1 N–H and O–H groups in total. The second kappa shape index (κ2) is 10.2. The fourth-order valence-electron chi connectivity index (χ4n) is 3.50. The third-order valence-electron chi connectivity index (χ3n) is 5.06. The van der Waals surface area contributed by atoms with Crippen molar-refractivity contribution in [1.29, 1.82) is 0 Å². The molecule has 7 nitrogen and oxygen atoms in total. The zero-order valence-electron chi connectivity index (χ0n) is 18.3. The van der Waals surface area contributed by atoms with Crippen LogP contribution in [-0.2, 0) is 21.2 Å². The molecule has 0 bridgehead atoms. The highest BCUT2D eigenvalue weighted by molar-refractivity contribution is 7.89. The Morgan fingerprint density at radius 3 is 2.35 bits per heavy atom. The lowest BCUT2D eigenvalue weighted by atomic mass is 10.1. The molecule has 0 saturated carbocycles. The Morgan fingerprint density at radius 1 is 1.06 bits per heavy atom. The van der Waals surface area contributed by atoms with E-state index in [1.807, 2.05) is 26.0 Å². The standard InChI is InChI=1S/C23H30N2O5S/c1-17(2)30-22-12-11-20(31(27,28)25-13-5-4-6-14-25)16-21(22)24-23(26)15-18-7-9-19(29-3)10-8-18/h7-12,16-17H,4-6,13-15H2,1-3H3,(H,24,26). The highest BCUT2D eigenvalue weighted by atomic mass is 32.2. The lowest BCUT2D eigenvalue weighted by Gasteiger charge is -2.26. The molecule has 0 atom stereocenters. The van der Waals surface area contributed by atoms with Gasteiger partial charge in [-0.2, -0.15) is 4.31 Å². The Kier molecular flexibility index (Phi) is 7.56. The molecule has 0 radical (unpaired) electrons. The van der Waals surface area contributed by atoms with E-state index in [0.717, 1.165) is 24.8 Å². The van der Waals surface area contributed by atoms with Crippen LogP contribution in [-0.4, -0.2) is 44.9 Å². The Labute approximate surface area is 184 Å². The van der Waals surface area contributed by atoms with Crippen molar-refractivity contribution in [3.8, 4) is 11.5 Å². The first-order chi connectivity index (χ1) is 14.8. The highest BCUT2D eigenvalue weighted by Crippen LogP contribution is 2.31. The molecule has 1 aliphatic rings. The first-order valence-electron chi connectivity index (χ1n) is 10.5. The lowest BCUT2D eigenvalue weighted by molar-refractivity contribution is -0.115. The van der Waals surface area contributed by atoms with Gasteiger partial charge in [-0.25, -0.2) is 8.42 Å². The summed E-state index contributed by atoms with van der Waals surface area (Å²) in [5.41, 5.74) is 1.17. The third-order valence-corrected chi connectivity index (χ3v) is 6.96. The molecular weight excluding hydrogens is 416 g/mol. The molecule has 8 heteroatoms. The first-order valence-corrected chi connectivity index (χ1v) is 12.0. The summed E-state index contributed by atoms with van der Waals surface area (Å²) in [4.78, 5) is 12.8. The maximum atomic E-state index is 13.1. The summed E-state index contributed by atoms with van der Waals surface area (Å²) < 4.78 is 38.6. The van der Waals surface area contributed by atoms with Crippen LogP contribution in [0.3, 0.4) is 0 Å². The van der Waals surface area contributed by atoms with Crippen LogP contribution < -0.4 is 14.8 Å². The quantitative estimate of drug-likeness (QED) is 0.666. The molecule has 2 aromatic carbocycles. The molecule has 1 heterocycles. The third kappa shape index (κ3) is 5.98. The van der Waals surface area contributed by atoms with E-state index in [1.165, 1.54) is 10.4 Å². The lowest BCUT2D eigenvalue weighted by Crippen LogP contribution is -2.35. The van der Waals surface area contributed by atoms with Gasteiger partial charge >= 0.3 is 0 Å². The number of anilines is 1. The summed E-state index contributed by atoms with van der Waals surface area (Å²) >= 11 is 0. The number of ether oxygens (including phenoxy) is 2. The van der Waals surface area contributed by atoms with E-state index in [-0.39, 0.29) is 23.3 Å². The maximum Gasteiger partial charge on any atom is 0.243 e. The number of hydrogen-bond acceptors (Lipinski definition) is 5. The van der Waals surface area contributed by atoms with Crippen LogP contribution in [0.25, 0.3) is 0 Å². The van der Waals surface area contributed by atoms with Gasteiger partial charge in [0.2, 0.25) is 15.9 Å². The smallest absolute Gasteiger partial charge is 0.243 e. The minimum Gasteiger partial charge on any atom is -0.497 e. The number of nitrogens with zero attached hydrogens (tertiary/aromatic N) is 1. The van der Waals surface area contributed by atoms with Gasteiger partial charge < -0.3 is 14.8 Å². The number of methoxy groups -OCH3 is 1. The predicted molar refractivity (Wildman–Crippen MR) is 120 cm³/mol. The summed E-state index contributed by atoms with van der Waals surface area (Å²) in [5.74, 6) is 0.898. The normalized spacial score (nSPS) is 15.0. The van der Waals surface area contributed by atoms with Crippen molar-refractivity contribution in [2.75, 3.05) is 25.5 Å². The van der Waals surface area contributed by atoms with Crippen LogP contribution in [0.5, 0.6) is 11.5 Å². The van der Waals surface area contributed by atoms with Crippen LogP contribution in [0.2, 0.25) is 0 Å². The Bertz CT molecular complexity index is 997. The number of amides is 1. The molecule has 0 aromatic heterocycles. The summed E-state index contributed by atoms with van der Waals surface area (Å²) in [5, 5.41) is 2.83.